The molecule has 3 N–H and O–H groups in total. The number of benzene rings is 2. The molecule has 8 heteroatoms. The van der Waals surface area contributed by atoms with Crippen molar-refractivity contribution in [3.8, 4) is 0 Å². The van der Waals surface area contributed by atoms with E-state index < -0.39 is 10.0 Å². The van der Waals surface area contributed by atoms with Gasteiger partial charge in [-0.05, 0) is 43.2 Å². The van der Waals surface area contributed by atoms with Crippen molar-refractivity contribution in [2.45, 2.75) is 18.2 Å². The predicted octanol–water partition coefficient (Wildman–Crippen LogP) is 2.00. The molecule has 1 aliphatic heterocycles. The van der Waals surface area contributed by atoms with E-state index in [2.05, 4.69) is 10.4 Å². The van der Waals surface area contributed by atoms with Crippen molar-refractivity contribution in [1.29, 1.82) is 0 Å². The van der Waals surface area contributed by atoms with E-state index in [9.17, 15) is 13.2 Å². The first kappa shape index (κ1) is 18.7. The lowest BCUT2D eigenvalue weighted by atomic mass is 10.1. The average Bonchev–Trinajstić information content (AvgIpc) is 2.86. The molecular weight excluding hydrogens is 364 g/mol. The number of hydrogen-bond acceptors (Lipinski definition) is 5. The molecular formula is C19H20N4O3S. The molecule has 7 nitrogen and oxygen atoms in total. The van der Waals surface area contributed by atoms with Gasteiger partial charge >= 0.3 is 0 Å². The molecule has 2 aromatic carbocycles. The number of anilines is 1. The maximum Gasteiger partial charge on any atom is 0.264 e. The molecule has 0 unspecified atom stereocenters. The van der Waals surface area contributed by atoms with Crippen molar-refractivity contribution in [1.82, 2.24) is 5.32 Å². The first-order chi connectivity index (χ1) is 12.9. The number of nitrogens with one attached hydrogen (secondary N) is 1. The van der Waals surface area contributed by atoms with Crippen LogP contribution in [0.15, 0.2) is 64.1 Å². The Morgan fingerprint density at radius 3 is 2.59 bits per heavy atom. The van der Waals surface area contributed by atoms with Crippen LogP contribution in [0.1, 0.15) is 17.5 Å². The Morgan fingerprint density at radius 2 is 1.89 bits per heavy atom. The van der Waals surface area contributed by atoms with Gasteiger partial charge in [0.1, 0.15) is 6.34 Å². The first-order valence-electron chi connectivity index (χ1n) is 8.35. The zero-order chi connectivity index (χ0) is 19.4. The van der Waals surface area contributed by atoms with Gasteiger partial charge in [0.2, 0.25) is 0 Å². The molecule has 3 rings (SSSR count). The third-order valence-corrected chi connectivity index (χ3v) is 6.12. The van der Waals surface area contributed by atoms with E-state index in [4.69, 9.17) is 5.84 Å². The van der Waals surface area contributed by atoms with Crippen molar-refractivity contribution >= 4 is 34.0 Å². The number of fused-ring (bicyclic) bond motifs is 1. The van der Waals surface area contributed by atoms with Crippen LogP contribution in [0.3, 0.4) is 0 Å². The molecule has 140 valence electrons. The Labute approximate surface area is 158 Å². The van der Waals surface area contributed by atoms with Gasteiger partial charge in [0.25, 0.3) is 15.9 Å². The fourth-order valence-corrected chi connectivity index (χ4v) is 4.39. The highest BCUT2D eigenvalue weighted by Crippen LogP contribution is 2.32. The number of carbonyl (C=O) groups excluding carboxylic acids is 1. The SMILES string of the molecule is Cc1ccc(S(=O)(=O)N2CCC(C(=O)NC=NN)=Cc3ccccc32)cc1. The quantitative estimate of drug-likeness (QED) is 0.364. The fraction of sp³-hybridized carbons (Fsp3) is 0.158. The van der Waals surface area contributed by atoms with E-state index in [1.54, 1.807) is 54.6 Å². The maximum atomic E-state index is 13.2. The normalized spacial score (nSPS) is 14.4. The van der Waals surface area contributed by atoms with E-state index in [0.717, 1.165) is 11.9 Å². The van der Waals surface area contributed by atoms with Crippen LogP contribution in [0.2, 0.25) is 0 Å². The molecule has 0 aliphatic carbocycles. The van der Waals surface area contributed by atoms with Gasteiger partial charge in [-0.2, -0.15) is 5.10 Å². The van der Waals surface area contributed by atoms with Crippen LogP contribution < -0.4 is 15.5 Å². The first-order valence-corrected chi connectivity index (χ1v) is 9.79. The van der Waals surface area contributed by atoms with Crippen molar-refractivity contribution in [2.75, 3.05) is 10.8 Å². The molecule has 27 heavy (non-hydrogen) atoms. The van der Waals surface area contributed by atoms with Gasteiger partial charge in [0.15, 0.2) is 0 Å². The number of sulfonamides is 1. The summed E-state index contributed by atoms with van der Waals surface area (Å²) in [6, 6.07) is 13.8. The molecule has 0 spiro atoms. The molecule has 1 amide bonds. The zero-order valence-corrected chi connectivity index (χ0v) is 15.6. The summed E-state index contributed by atoms with van der Waals surface area (Å²) in [5.74, 6) is 4.65. The van der Waals surface area contributed by atoms with Crippen LogP contribution in [-0.4, -0.2) is 27.2 Å². The van der Waals surface area contributed by atoms with Crippen LogP contribution in [0.5, 0.6) is 0 Å². The highest BCUT2D eigenvalue weighted by atomic mass is 32.2. The fourth-order valence-electron chi connectivity index (χ4n) is 2.89. The minimum Gasteiger partial charge on any atom is -0.322 e. The lowest BCUT2D eigenvalue weighted by Gasteiger charge is -2.24. The van der Waals surface area contributed by atoms with Gasteiger partial charge in [0, 0.05) is 12.1 Å². The average molecular weight is 384 g/mol. The summed E-state index contributed by atoms with van der Waals surface area (Å²) >= 11 is 0. The topological polar surface area (TPSA) is 105 Å². The number of hydrogen-bond donors (Lipinski definition) is 2. The van der Waals surface area contributed by atoms with Crippen LogP contribution in [0.4, 0.5) is 5.69 Å². The van der Waals surface area contributed by atoms with Crippen molar-refractivity contribution < 1.29 is 13.2 Å². The lowest BCUT2D eigenvalue weighted by molar-refractivity contribution is -0.116. The molecule has 0 saturated heterocycles. The Bertz CT molecular complexity index is 1010. The Kier molecular flexibility index (Phi) is 5.27. The highest BCUT2D eigenvalue weighted by molar-refractivity contribution is 7.92. The molecule has 1 aliphatic rings. The Morgan fingerprint density at radius 1 is 1.19 bits per heavy atom. The van der Waals surface area contributed by atoms with Crippen molar-refractivity contribution in [3.05, 3.63) is 65.2 Å². The third-order valence-electron chi connectivity index (χ3n) is 4.29. The van der Waals surface area contributed by atoms with E-state index in [1.165, 1.54) is 4.31 Å². The van der Waals surface area contributed by atoms with E-state index in [-0.39, 0.29) is 23.8 Å². The zero-order valence-electron chi connectivity index (χ0n) is 14.8. The van der Waals surface area contributed by atoms with Gasteiger partial charge in [-0.15, -0.1) is 0 Å². The summed E-state index contributed by atoms with van der Waals surface area (Å²) in [5, 5.41) is 5.71. The Hall–Kier alpha value is -3.13. The van der Waals surface area contributed by atoms with Crippen LogP contribution in [0.25, 0.3) is 6.08 Å². The molecule has 2 aromatic rings. The van der Waals surface area contributed by atoms with Gasteiger partial charge in [-0.25, -0.2) is 8.42 Å². The number of aryl methyl sites for hydroxylation is 1. The number of amides is 1. The minimum atomic E-state index is -3.76. The summed E-state index contributed by atoms with van der Waals surface area (Å²) in [6.45, 7) is 2.04. The lowest BCUT2D eigenvalue weighted by Crippen LogP contribution is -2.33. The molecule has 0 fully saturated rings. The number of carbonyl (C=O) groups is 1. The summed E-state index contributed by atoms with van der Waals surface area (Å²) in [4.78, 5) is 12.5. The van der Waals surface area contributed by atoms with Gasteiger partial charge in [0.05, 0.1) is 10.6 Å². The largest absolute Gasteiger partial charge is 0.322 e. The Balaban J connectivity index is 2.02. The summed E-state index contributed by atoms with van der Waals surface area (Å²) in [7, 11) is -3.76. The smallest absolute Gasteiger partial charge is 0.264 e. The van der Waals surface area contributed by atoms with E-state index in [0.29, 0.717) is 16.8 Å². The van der Waals surface area contributed by atoms with Gasteiger partial charge < -0.3 is 11.2 Å². The highest BCUT2D eigenvalue weighted by Gasteiger charge is 2.29. The van der Waals surface area contributed by atoms with E-state index in [1.807, 2.05) is 6.92 Å². The van der Waals surface area contributed by atoms with Crippen LogP contribution in [-0.2, 0) is 14.8 Å². The number of hydrazone groups is 1. The standard InChI is InChI=1S/C19H20N4O3S/c1-14-6-8-17(9-7-14)27(25,26)23-11-10-16(19(24)21-13-22-20)12-15-4-2-3-5-18(15)23/h2-9,12-13H,10-11,20H2,1H3,(H,21,22,24). The second kappa shape index (κ2) is 7.63. The second-order valence-corrected chi connectivity index (χ2v) is 7.98. The minimum absolute atomic E-state index is 0.145. The molecule has 1 heterocycles. The molecule has 0 saturated carbocycles. The number of rotatable bonds is 4. The summed E-state index contributed by atoms with van der Waals surface area (Å²) in [6.07, 6.45) is 3.05. The third kappa shape index (κ3) is 3.85. The number of para-hydroxylation sites is 1. The number of nitrogens with two attached hydrogens (primary N) is 1. The monoisotopic (exact) mass is 384 g/mol. The summed E-state index contributed by atoms with van der Waals surface area (Å²) < 4.78 is 27.8. The molecule has 0 radical (unpaired) electrons. The van der Waals surface area contributed by atoms with Crippen LogP contribution in [0, 0.1) is 6.92 Å². The number of nitrogens with zero attached hydrogens (tertiary/aromatic N) is 2. The van der Waals surface area contributed by atoms with Gasteiger partial charge in [-0.1, -0.05) is 35.9 Å². The molecule has 0 atom stereocenters. The maximum absolute atomic E-state index is 13.2. The predicted molar refractivity (Wildman–Crippen MR) is 106 cm³/mol. The summed E-state index contributed by atoms with van der Waals surface area (Å²) in [5.41, 5.74) is 2.62. The van der Waals surface area contributed by atoms with Gasteiger partial charge in [-0.3, -0.25) is 9.10 Å². The molecule has 0 bridgehead atoms. The van der Waals surface area contributed by atoms with Crippen molar-refractivity contribution in [3.63, 3.8) is 0 Å². The second-order valence-electron chi connectivity index (χ2n) is 6.12. The molecule has 0 aromatic heterocycles. The van der Waals surface area contributed by atoms with Crippen molar-refractivity contribution in [2.24, 2.45) is 10.9 Å². The van der Waals surface area contributed by atoms with Crippen LogP contribution >= 0.6 is 0 Å². The van der Waals surface area contributed by atoms with E-state index >= 15 is 0 Å².